The molecule has 0 aliphatic carbocycles. The van der Waals surface area contributed by atoms with E-state index in [9.17, 15) is 14.7 Å². The quantitative estimate of drug-likeness (QED) is 0.821. The zero-order valence-electron chi connectivity index (χ0n) is 12.7. The molecular weight excluding hydrogens is 272 g/mol. The van der Waals surface area contributed by atoms with E-state index in [1.165, 1.54) is 6.07 Å². The summed E-state index contributed by atoms with van der Waals surface area (Å²) in [5.41, 5.74) is 7.52. The van der Waals surface area contributed by atoms with E-state index in [4.69, 9.17) is 10.5 Å². The second-order valence-electron chi connectivity index (χ2n) is 5.74. The van der Waals surface area contributed by atoms with Gasteiger partial charge in [-0.1, -0.05) is 0 Å². The molecule has 0 aromatic heterocycles. The zero-order chi connectivity index (χ0) is 15.9. The third-order valence-corrected chi connectivity index (χ3v) is 4.05. The molecule has 1 aliphatic heterocycles. The number of nitrogens with two attached hydrogens (primary N) is 1. The summed E-state index contributed by atoms with van der Waals surface area (Å²) in [7, 11) is 1.56. The van der Waals surface area contributed by atoms with Crippen LogP contribution in [0, 0.1) is 6.92 Å². The van der Waals surface area contributed by atoms with Crippen LogP contribution in [0.25, 0.3) is 0 Å². The fraction of sp³-hybridized carbons (Fsp3) is 0.467. The number of hydrogen-bond donors (Lipinski definition) is 2. The van der Waals surface area contributed by atoms with Crippen LogP contribution in [0.4, 0.5) is 11.4 Å². The van der Waals surface area contributed by atoms with Gasteiger partial charge in [0.1, 0.15) is 0 Å². The SMILES string of the molecule is COCCN1C(=O)C(C)(C)c2c1cc(C(=O)O)c(N)c2C. The lowest BCUT2D eigenvalue weighted by Crippen LogP contribution is -2.38. The van der Waals surface area contributed by atoms with E-state index in [2.05, 4.69) is 0 Å². The highest BCUT2D eigenvalue weighted by atomic mass is 16.5. The topological polar surface area (TPSA) is 92.9 Å². The van der Waals surface area contributed by atoms with Crippen LogP contribution in [0.2, 0.25) is 0 Å². The van der Waals surface area contributed by atoms with E-state index in [1.807, 2.05) is 13.8 Å². The van der Waals surface area contributed by atoms with Gasteiger partial charge in [0.15, 0.2) is 0 Å². The number of amides is 1. The van der Waals surface area contributed by atoms with Gasteiger partial charge < -0.3 is 20.5 Å². The molecule has 0 fully saturated rings. The highest BCUT2D eigenvalue weighted by molar-refractivity contribution is 6.10. The minimum absolute atomic E-state index is 0.0270. The summed E-state index contributed by atoms with van der Waals surface area (Å²) in [6.07, 6.45) is 0. The number of carbonyl (C=O) groups excluding carboxylic acids is 1. The van der Waals surface area contributed by atoms with E-state index in [0.29, 0.717) is 24.4 Å². The van der Waals surface area contributed by atoms with Crippen LogP contribution in [0.15, 0.2) is 6.07 Å². The molecule has 0 bridgehead atoms. The van der Waals surface area contributed by atoms with Crippen LogP contribution in [0.5, 0.6) is 0 Å². The van der Waals surface area contributed by atoms with E-state index >= 15 is 0 Å². The molecular formula is C15H20N2O4. The number of methoxy groups -OCH3 is 1. The minimum atomic E-state index is -1.10. The molecule has 6 nitrogen and oxygen atoms in total. The molecule has 3 N–H and O–H groups in total. The molecule has 0 unspecified atom stereocenters. The summed E-state index contributed by atoms with van der Waals surface area (Å²) >= 11 is 0. The summed E-state index contributed by atoms with van der Waals surface area (Å²) in [6.45, 7) is 6.18. The number of benzene rings is 1. The molecule has 0 atom stereocenters. The number of carbonyl (C=O) groups is 2. The van der Waals surface area contributed by atoms with Gasteiger partial charge in [-0.2, -0.15) is 0 Å². The van der Waals surface area contributed by atoms with Gasteiger partial charge in [0.2, 0.25) is 5.91 Å². The van der Waals surface area contributed by atoms with Gasteiger partial charge in [-0.15, -0.1) is 0 Å². The Balaban J connectivity index is 2.68. The Bertz CT molecular complexity index is 623. The largest absolute Gasteiger partial charge is 0.478 e. The first-order valence-electron chi connectivity index (χ1n) is 6.71. The van der Waals surface area contributed by atoms with Crippen LogP contribution >= 0.6 is 0 Å². The standard InChI is InChI=1S/C15H20N2O4/c1-8-11-10(7-9(12(8)16)13(18)19)17(5-6-21-4)14(20)15(11,2)3/h7H,5-6,16H2,1-4H3,(H,18,19). The molecule has 21 heavy (non-hydrogen) atoms. The number of carboxylic acids is 1. The maximum absolute atomic E-state index is 12.6. The molecule has 0 saturated carbocycles. The molecule has 1 amide bonds. The van der Waals surface area contributed by atoms with Crippen LogP contribution in [0.1, 0.15) is 35.3 Å². The number of nitrogen functional groups attached to an aromatic ring is 1. The van der Waals surface area contributed by atoms with Crippen molar-refractivity contribution < 1.29 is 19.4 Å². The number of rotatable bonds is 4. The smallest absolute Gasteiger partial charge is 0.337 e. The third-order valence-electron chi connectivity index (χ3n) is 4.05. The van der Waals surface area contributed by atoms with Crippen molar-refractivity contribution in [1.29, 1.82) is 0 Å². The maximum Gasteiger partial charge on any atom is 0.337 e. The Kier molecular flexibility index (Phi) is 3.67. The number of fused-ring (bicyclic) bond motifs is 1. The molecule has 6 heteroatoms. The van der Waals surface area contributed by atoms with Crippen molar-refractivity contribution in [2.24, 2.45) is 0 Å². The van der Waals surface area contributed by atoms with Gasteiger partial charge in [0.05, 0.1) is 17.6 Å². The fourth-order valence-electron chi connectivity index (χ4n) is 2.95. The van der Waals surface area contributed by atoms with Crippen LogP contribution in [0.3, 0.4) is 0 Å². The van der Waals surface area contributed by atoms with E-state index in [1.54, 1.807) is 18.9 Å². The molecule has 2 rings (SSSR count). The predicted molar refractivity (Wildman–Crippen MR) is 79.8 cm³/mol. The normalized spacial score (nSPS) is 16.2. The predicted octanol–water partition coefficient (Wildman–Crippen LogP) is 1.55. The highest BCUT2D eigenvalue weighted by Crippen LogP contribution is 2.46. The maximum atomic E-state index is 12.6. The van der Waals surface area contributed by atoms with Crippen molar-refractivity contribution >= 4 is 23.3 Å². The molecule has 1 aromatic carbocycles. The summed E-state index contributed by atoms with van der Waals surface area (Å²) in [5.74, 6) is -1.16. The monoisotopic (exact) mass is 292 g/mol. The Hall–Kier alpha value is -2.08. The van der Waals surface area contributed by atoms with Gasteiger partial charge in [-0.3, -0.25) is 4.79 Å². The van der Waals surface area contributed by atoms with Crippen LogP contribution in [-0.4, -0.2) is 37.2 Å². The van der Waals surface area contributed by atoms with E-state index in [-0.39, 0.29) is 17.2 Å². The highest BCUT2D eigenvalue weighted by Gasteiger charge is 2.45. The molecule has 1 aliphatic rings. The number of carboxylic acid groups (broad SMARTS) is 1. The van der Waals surface area contributed by atoms with Crippen molar-refractivity contribution in [2.45, 2.75) is 26.2 Å². The summed E-state index contributed by atoms with van der Waals surface area (Å²) < 4.78 is 5.03. The lowest BCUT2D eigenvalue weighted by atomic mass is 9.82. The van der Waals surface area contributed by atoms with Gasteiger partial charge in [0.25, 0.3) is 0 Å². The number of nitrogens with zero attached hydrogens (tertiary/aromatic N) is 1. The average Bonchev–Trinajstić information content (AvgIpc) is 2.59. The minimum Gasteiger partial charge on any atom is -0.478 e. The first kappa shape index (κ1) is 15.3. The van der Waals surface area contributed by atoms with Crippen LogP contribution < -0.4 is 10.6 Å². The van der Waals surface area contributed by atoms with Crippen molar-refractivity contribution in [3.8, 4) is 0 Å². The lowest BCUT2D eigenvalue weighted by Gasteiger charge is -2.20. The number of aromatic carboxylic acids is 1. The summed E-state index contributed by atoms with van der Waals surface area (Å²) in [6, 6.07) is 1.49. The first-order valence-corrected chi connectivity index (χ1v) is 6.71. The second-order valence-corrected chi connectivity index (χ2v) is 5.74. The Morgan fingerprint density at radius 1 is 1.48 bits per heavy atom. The van der Waals surface area contributed by atoms with Gasteiger partial charge in [0, 0.05) is 25.0 Å². The Labute approximate surface area is 123 Å². The third kappa shape index (κ3) is 2.15. The molecule has 0 saturated heterocycles. The lowest BCUT2D eigenvalue weighted by molar-refractivity contribution is -0.122. The van der Waals surface area contributed by atoms with Crippen LogP contribution in [-0.2, 0) is 14.9 Å². The number of anilines is 2. The average molecular weight is 292 g/mol. The molecule has 0 radical (unpaired) electrons. The number of hydrogen-bond acceptors (Lipinski definition) is 4. The fourth-order valence-corrected chi connectivity index (χ4v) is 2.95. The molecule has 114 valence electrons. The first-order chi connectivity index (χ1) is 9.73. The summed E-state index contributed by atoms with van der Waals surface area (Å²) in [4.78, 5) is 25.5. The van der Waals surface area contributed by atoms with Gasteiger partial charge >= 0.3 is 5.97 Å². The molecule has 1 heterocycles. The van der Waals surface area contributed by atoms with E-state index in [0.717, 1.165) is 5.56 Å². The molecule has 1 aromatic rings. The van der Waals surface area contributed by atoms with Gasteiger partial charge in [-0.25, -0.2) is 4.79 Å². The van der Waals surface area contributed by atoms with Crippen molar-refractivity contribution in [2.75, 3.05) is 30.9 Å². The summed E-state index contributed by atoms with van der Waals surface area (Å²) in [5, 5.41) is 9.27. The van der Waals surface area contributed by atoms with E-state index < -0.39 is 11.4 Å². The molecule has 0 spiro atoms. The Morgan fingerprint density at radius 3 is 2.62 bits per heavy atom. The van der Waals surface area contributed by atoms with Crippen molar-refractivity contribution in [3.63, 3.8) is 0 Å². The number of ether oxygens (including phenoxy) is 1. The van der Waals surface area contributed by atoms with Crippen molar-refractivity contribution in [1.82, 2.24) is 0 Å². The Morgan fingerprint density at radius 2 is 2.10 bits per heavy atom. The van der Waals surface area contributed by atoms with Gasteiger partial charge in [-0.05, 0) is 38.0 Å². The van der Waals surface area contributed by atoms with Crippen molar-refractivity contribution in [3.05, 3.63) is 22.8 Å². The zero-order valence-corrected chi connectivity index (χ0v) is 12.7. The second kappa shape index (κ2) is 5.04.